The van der Waals surface area contributed by atoms with Crippen molar-refractivity contribution in [2.75, 3.05) is 0 Å². The van der Waals surface area contributed by atoms with Gasteiger partial charge in [-0.1, -0.05) is 67.1 Å². The van der Waals surface area contributed by atoms with Crippen LogP contribution < -0.4 is 0 Å². The summed E-state index contributed by atoms with van der Waals surface area (Å²) in [4.78, 5) is 0. The Labute approximate surface area is 138 Å². The molecule has 1 aliphatic carbocycles. The van der Waals surface area contributed by atoms with Crippen LogP contribution in [0.2, 0.25) is 0 Å². The fourth-order valence-electron chi connectivity index (χ4n) is 4.59. The average molecular weight is 308 g/mol. The van der Waals surface area contributed by atoms with E-state index in [4.69, 9.17) is 4.74 Å². The zero-order valence-corrected chi connectivity index (χ0v) is 13.6. The van der Waals surface area contributed by atoms with Crippen LogP contribution in [0.3, 0.4) is 0 Å². The fraction of sp³-hybridized carbons (Fsp3) is 0.429. The number of hydrogen-bond donors (Lipinski definition) is 1. The molecule has 1 aliphatic heterocycles. The molecule has 2 heteroatoms. The van der Waals surface area contributed by atoms with Gasteiger partial charge < -0.3 is 9.84 Å². The fourth-order valence-corrected chi connectivity index (χ4v) is 4.59. The minimum atomic E-state index is -0.683. The molecule has 23 heavy (non-hydrogen) atoms. The van der Waals surface area contributed by atoms with E-state index in [1.807, 2.05) is 19.1 Å². The highest BCUT2D eigenvalue weighted by atomic mass is 16.5. The number of benzene rings is 2. The minimum Gasteiger partial charge on any atom is -0.389 e. The summed E-state index contributed by atoms with van der Waals surface area (Å²) in [6, 6.07) is 20.8. The van der Waals surface area contributed by atoms with Gasteiger partial charge in [0.15, 0.2) is 0 Å². The normalized spacial score (nSPS) is 36.6. The molecule has 2 fully saturated rings. The van der Waals surface area contributed by atoms with Crippen LogP contribution in [-0.4, -0.2) is 10.7 Å². The van der Waals surface area contributed by atoms with Gasteiger partial charge in [-0.15, -0.1) is 0 Å². The van der Waals surface area contributed by atoms with Crippen LogP contribution >= 0.6 is 0 Å². The van der Waals surface area contributed by atoms with E-state index in [9.17, 15) is 5.11 Å². The number of aliphatic hydroxyl groups is 1. The van der Waals surface area contributed by atoms with Gasteiger partial charge in [0.2, 0.25) is 0 Å². The standard InChI is InChI=1S/C21H24O2/c1-21(22)17-13-8-14-18(21)20(16-11-6-3-7-12-16)23-19(17)15-9-4-2-5-10-15/h2-7,9-12,17-20,22H,8,13-14H2,1H3. The lowest BCUT2D eigenvalue weighted by atomic mass is 9.61. The van der Waals surface area contributed by atoms with Crippen molar-refractivity contribution in [3.05, 3.63) is 71.8 Å². The lowest BCUT2D eigenvalue weighted by Gasteiger charge is -2.54. The van der Waals surface area contributed by atoms with E-state index in [0.29, 0.717) is 0 Å². The molecule has 1 N–H and O–H groups in total. The van der Waals surface area contributed by atoms with Gasteiger partial charge in [-0.3, -0.25) is 0 Å². The van der Waals surface area contributed by atoms with Crippen LogP contribution in [0, 0.1) is 11.8 Å². The molecule has 120 valence electrons. The maximum absolute atomic E-state index is 11.3. The van der Waals surface area contributed by atoms with Crippen molar-refractivity contribution in [2.24, 2.45) is 11.8 Å². The van der Waals surface area contributed by atoms with E-state index in [2.05, 4.69) is 48.5 Å². The number of hydrogen-bond acceptors (Lipinski definition) is 2. The largest absolute Gasteiger partial charge is 0.389 e. The van der Waals surface area contributed by atoms with Gasteiger partial charge in [-0.2, -0.15) is 0 Å². The third kappa shape index (κ3) is 2.50. The van der Waals surface area contributed by atoms with Crippen LogP contribution in [0.1, 0.15) is 49.5 Å². The topological polar surface area (TPSA) is 29.5 Å². The molecule has 1 saturated carbocycles. The van der Waals surface area contributed by atoms with Crippen LogP contribution in [0.15, 0.2) is 60.7 Å². The van der Waals surface area contributed by atoms with Crippen molar-refractivity contribution < 1.29 is 9.84 Å². The third-order valence-corrected chi connectivity index (χ3v) is 5.81. The van der Waals surface area contributed by atoms with Crippen LogP contribution in [0.4, 0.5) is 0 Å². The highest BCUT2D eigenvalue weighted by Crippen LogP contribution is 2.56. The van der Waals surface area contributed by atoms with E-state index in [1.54, 1.807) is 0 Å². The Morgan fingerprint density at radius 2 is 1.26 bits per heavy atom. The van der Waals surface area contributed by atoms with Crippen molar-refractivity contribution in [1.29, 1.82) is 0 Å². The summed E-state index contributed by atoms with van der Waals surface area (Å²) < 4.78 is 6.60. The molecule has 1 heterocycles. The predicted octanol–water partition coefficient (Wildman–Crippen LogP) is 4.67. The summed E-state index contributed by atoms with van der Waals surface area (Å²) >= 11 is 0. The first kappa shape index (κ1) is 14.9. The molecule has 0 radical (unpaired) electrons. The van der Waals surface area contributed by atoms with Crippen molar-refractivity contribution in [1.82, 2.24) is 0 Å². The third-order valence-electron chi connectivity index (χ3n) is 5.81. The summed E-state index contributed by atoms with van der Waals surface area (Å²) in [5.74, 6) is 0.340. The Morgan fingerprint density at radius 1 is 0.826 bits per heavy atom. The summed E-state index contributed by atoms with van der Waals surface area (Å²) in [6.45, 7) is 2.02. The molecular weight excluding hydrogens is 284 g/mol. The maximum atomic E-state index is 11.3. The second-order valence-corrected chi connectivity index (χ2v) is 7.17. The minimum absolute atomic E-state index is 0.0343. The Balaban J connectivity index is 1.77. The Kier molecular flexibility index (Phi) is 3.74. The molecule has 2 aromatic carbocycles. The van der Waals surface area contributed by atoms with E-state index < -0.39 is 5.60 Å². The van der Waals surface area contributed by atoms with Crippen LogP contribution in [0.25, 0.3) is 0 Å². The lowest BCUT2D eigenvalue weighted by molar-refractivity contribution is -0.240. The highest BCUT2D eigenvalue weighted by Gasteiger charge is 2.54. The van der Waals surface area contributed by atoms with E-state index in [-0.39, 0.29) is 24.0 Å². The van der Waals surface area contributed by atoms with Gasteiger partial charge in [-0.25, -0.2) is 0 Å². The number of ether oxygens (including phenoxy) is 1. The van der Waals surface area contributed by atoms with Crippen molar-refractivity contribution >= 4 is 0 Å². The molecule has 2 aromatic rings. The maximum Gasteiger partial charge on any atom is 0.0889 e. The summed E-state index contributed by atoms with van der Waals surface area (Å²) in [5, 5.41) is 11.3. The first-order valence-corrected chi connectivity index (χ1v) is 8.65. The van der Waals surface area contributed by atoms with Gasteiger partial charge in [0.25, 0.3) is 0 Å². The van der Waals surface area contributed by atoms with E-state index >= 15 is 0 Å². The molecule has 0 aromatic heterocycles. The lowest BCUT2D eigenvalue weighted by Crippen LogP contribution is -2.54. The number of rotatable bonds is 2. The molecule has 2 bridgehead atoms. The Morgan fingerprint density at radius 3 is 1.70 bits per heavy atom. The average Bonchev–Trinajstić information content (AvgIpc) is 2.56. The second kappa shape index (κ2) is 5.77. The number of fused-ring (bicyclic) bond motifs is 2. The molecule has 0 spiro atoms. The zero-order valence-electron chi connectivity index (χ0n) is 13.6. The molecule has 2 nitrogen and oxygen atoms in total. The predicted molar refractivity (Wildman–Crippen MR) is 90.9 cm³/mol. The first-order valence-electron chi connectivity index (χ1n) is 8.65. The molecule has 4 unspecified atom stereocenters. The van der Waals surface area contributed by atoms with Gasteiger partial charge in [0.05, 0.1) is 17.8 Å². The van der Waals surface area contributed by atoms with Gasteiger partial charge in [0.1, 0.15) is 0 Å². The van der Waals surface area contributed by atoms with E-state index in [1.165, 1.54) is 17.5 Å². The first-order chi connectivity index (χ1) is 11.2. The zero-order chi connectivity index (χ0) is 15.9. The molecule has 4 atom stereocenters. The molecule has 0 amide bonds. The molecular formula is C21H24O2. The molecule has 2 aliphatic rings. The smallest absolute Gasteiger partial charge is 0.0889 e. The monoisotopic (exact) mass is 308 g/mol. The summed E-state index contributed by atoms with van der Waals surface area (Å²) in [7, 11) is 0. The van der Waals surface area contributed by atoms with Gasteiger partial charge in [-0.05, 0) is 30.9 Å². The molecule has 4 rings (SSSR count). The van der Waals surface area contributed by atoms with Crippen molar-refractivity contribution in [3.8, 4) is 0 Å². The van der Waals surface area contributed by atoms with Crippen LogP contribution in [0.5, 0.6) is 0 Å². The van der Waals surface area contributed by atoms with E-state index in [0.717, 1.165) is 12.8 Å². The quantitative estimate of drug-likeness (QED) is 0.874. The highest BCUT2D eigenvalue weighted by molar-refractivity contribution is 5.25. The SMILES string of the molecule is CC1(O)C2CCCC1C(c1ccccc1)OC2c1ccccc1. The Hall–Kier alpha value is -1.64. The van der Waals surface area contributed by atoms with Crippen molar-refractivity contribution in [2.45, 2.75) is 44.0 Å². The second-order valence-electron chi connectivity index (χ2n) is 7.17. The summed E-state index contributed by atoms with van der Waals surface area (Å²) in [5.41, 5.74) is 1.68. The van der Waals surface area contributed by atoms with Crippen molar-refractivity contribution in [3.63, 3.8) is 0 Å². The van der Waals surface area contributed by atoms with Gasteiger partial charge in [0, 0.05) is 11.8 Å². The van der Waals surface area contributed by atoms with Crippen LogP contribution in [-0.2, 0) is 4.74 Å². The Bertz CT molecular complexity index is 595. The molecule has 1 saturated heterocycles. The summed E-state index contributed by atoms with van der Waals surface area (Å²) in [6.07, 6.45) is 3.16. The van der Waals surface area contributed by atoms with Gasteiger partial charge >= 0.3 is 0 Å².